The van der Waals surface area contributed by atoms with Crippen LogP contribution in [0.15, 0.2) is 29.4 Å². The molecule has 1 heterocycles. The van der Waals surface area contributed by atoms with E-state index in [1.807, 2.05) is 19.1 Å². The molecule has 0 aromatic carbocycles. The summed E-state index contributed by atoms with van der Waals surface area (Å²) in [5, 5.41) is 0.0254. The van der Waals surface area contributed by atoms with Gasteiger partial charge in [-0.05, 0) is 19.1 Å². The van der Waals surface area contributed by atoms with E-state index in [4.69, 9.17) is 0 Å². The van der Waals surface area contributed by atoms with Gasteiger partial charge in [0.25, 0.3) is 0 Å². The van der Waals surface area contributed by atoms with Crippen LogP contribution in [0.25, 0.3) is 0 Å². The second kappa shape index (κ2) is 4.13. The Kier molecular flexibility index (Phi) is 3.11. The van der Waals surface area contributed by atoms with E-state index >= 15 is 0 Å². The van der Waals surface area contributed by atoms with E-state index in [9.17, 15) is 4.79 Å². The highest BCUT2D eigenvalue weighted by Crippen LogP contribution is 2.20. The Morgan fingerprint density at radius 1 is 1.55 bits per heavy atom. The number of hydrogen-bond donors (Lipinski definition) is 0. The summed E-state index contributed by atoms with van der Waals surface area (Å²) in [6.07, 6.45) is 4.38. The lowest BCUT2D eigenvalue weighted by Gasteiger charge is -2.01. The van der Waals surface area contributed by atoms with Crippen molar-refractivity contribution in [3.8, 4) is 0 Å². The van der Waals surface area contributed by atoms with Crippen LogP contribution in [0, 0.1) is 0 Å². The molecule has 3 heteroatoms. The molecule has 1 atom stereocenters. The van der Waals surface area contributed by atoms with Gasteiger partial charge in [-0.15, -0.1) is 11.8 Å². The number of pyridine rings is 1. The molecule has 0 fully saturated rings. The van der Waals surface area contributed by atoms with E-state index in [0.29, 0.717) is 0 Å². The number of aldehydes is 1. The van der Waals surface area contributed by atoms with Crippen LogP contribution >= 0.6 is 11.8 Å². The molecule has 0 aliphatic rings. The number of hydrogen-bond acceptors (Lipinski definition) is 3. The van der Waals surface area contributed by atoms with Crippen LogP contribution in [0.5, 0.6) is 0 Å². The average molecular weight is 167 g/mol. The van der Waals surface area contributed by atoms with Gasteiger partial charge in [-0.25, -0.2) is 0 Å². The van der Waals surface area contributed by atoms with Crippen LogP contribution < -0.4 is 0 Å². The first-order valence-corrected chi connectivity index (χ1v) is 4.23. The Hall–Kier alpha value is -0.830. The second-order valence-corrected chi connectivity index (χ2v) is 3.59. The molecule has 0 amide bonds. The van der Waals surface area contributed by atoms with Crippen molar-refractivity contribution in [1.29, 1.82) is 0 Å². The van der Waals surface area contributed by atoms with Gasteiger partial charge in [0.15, 0.2) is 0 Å². The summed E-state index contributed by atoms with van der Waals surface area (Å²) >= 11 is 1.54. The third-order valence-corrected chi connectivity index (χ3v) is 2.19. The minimum absolute atomic E-state index is 0.0254. The maximum Gasteiger partial charge on any atom is 0.133 e. The lowest BCUT2D eigenvalue weighted by Crippen LogP contribution is -1.95. The first-order valence-electron chi connectivity index (χ1n) is 3.35. The highest BCUT2D eigenvalue weighted by atomic mass is 32.2. The summed E-state index contributed by atoms with van der Waals surface area (Å²) in [6.45, 7) is 1.87. The molecule has 0 aliphatic carbocycles. The van der Waals surface area contributed by atoms with Crippen LogP contribution in [-0.2, 0) is 4.79 Å². The predicted molar refractivity (Wildman–Crippen MR) is 45.6 cm³/mol. The third kappa shape index (κ3) is 2.72. The van der Waals surface area contributed by atoms with Gasteiger partial charge in [-0.2, -0.15) is 0 Å². The molecule has 0 bridgehead atoms. The first kappa shape index (κ1) is 8.27. The highest BCUT2D eigenvalue weighted by Gasteiger charge is 2.00. The normalized spacial score (nSPS) is 12.5. The van der Waals surface area contributed by atoms with Crippen molar-refractivity contribution in [2.75, 3.05) is 0 Å². The molecule has 0 N–H and O–H groups in total. The summed E-state index contributed by atoms with van der Waals surface area (Å²) in [4.78, 5) is 15.2. The predicted octanol–water partition coefficient (Wildman–Crippen LogP) is 1.76. The van der Waals surface area contributed by atoms with Crippen LogP contribution in [0.1, 0.15) is 6.92 Å². The van der Waals surface area contributed by atoms with Gasteiger partial charge in [0.05, 0.1) is 5.25 Å². The molecule has 58 valence electrons. The van der Waals surface area contributed by atoms with Crippen LogP contribution in [0.4, 0.5) is 0 Å². The SMILES string of the molecule is CC(C=O)Sc1ccncc1. The molecule has 0 radical (unpaired) electrons. The van der Waals surface area contributed by atoms with E-state index < -0.39 is 0 Å². The molecule has 1 unspecified atom stereocenters. The van der Waals surface area contributed by atoms with Crippen LogP contribution in [-0.4, -0.2) is 16.5 Å². The van der Waals surface area contributed by atoms with E-state index in [1.54, 1.807) is 12.4 Å². The molecule has 0 saturated heterocycles. The fraction of sp³-hybridized carbons (Fsp3) is 0.250. The van der Waals surface area contributed by atoms with Crippen molar-refractivity contribution < 1.29 is 4.79 Å². The third-order valence-electron chi connectivity index (χ3n) is 1.16. The van der Waals surface area contributed by atoms with Crippen molar-refractivity contribution in [2.45, 2.75) is 17.1 Å². The van der Waals surface area contributed by atoms with E-state index in [-0.39, 0.29) is 5.25 Å². The highest BCUT2D eigenvalue weighted by molar-refractivity contribution is 8.00. The minimum Gasteiger partial charge on any atom is -0.302 e. The zero-order chi connectivity index (χ0) is 8.10. The number of carbonyl (C=O) groups excluding carboxylic acids is 1. The maximum atomic E-state index is 10.3. The quantitative estimate of drug-likeness (QED) is 0.507. The van der Waals surface area contributed by atoms with Crippen molar-refractivity contribution in [1.82, 2.24) is 4.98 Å². The van der Waals surface area contributed by atoms with Gasteiger partial charge in [-0.3, -0.25) is 4.98 Å². The zero-order valence-corrected chi connectivity index (χ0v) is 7.04. The van der Waals surface area contributed by atoms with Gasteiger partial charge >= 0.3 is 0 Å². The average Bonchev–Trinajstić information content (AvgIpc) is 2.06. The molecular weight excluding hydrogens is 158 g/mol. The van der Waals surface area contributed by atoms with Gasteiger partial charge in [0, 0.05) is 17.3 Å². The summed E-state index contributed by atoms with van der Waals surface area (Å²) in [5.74, 6) is 0. The Labute approximate surface area is 70.0 Å². The monoisotopic (exact) mass is 167 g/mol. The number of nitrogens with zero attached hydrogens (tertiary/aromatic N) is 1. The van der Waals surface area contributed by atoms with Crippen LogP contribution in [0.3, 0.4) is 0 Å². The fourth-order valence-electron chi connectivity index (χ4n) is 0.659. The number of rotatable bonds is 3. The molecule has 0 spiro atoms. The molecule has 1 aromatic rings. The second-order valence-electron chi connectivity index (χ2n) is 2.14. The molecule has 1 rings (SSSR count). The lowest BCUT2D eigenvalue weighted by molar-refractivity contribution is -0.107. The Morgan fingerprint density at radius 2 is 2.18 bits per heavy atom. The Morgan fingerprint density at radius 3 is 2.73 bits per heavy atom. The number of carbonyl (C=O) groups is 1. The van der Waals surface area contributed by atoms with Gasteiger partial charge in [0.2, 0.25) is 0 Å². The molecule has 0 aliphatic heterocycles. The molecule has 0 saturated carbocycles. The first-order chi connectivity index (χ1) is 5.33. The van der Waals surface area contributed by atoms with Crippen molar-refractivity contribution >= 4 is 18.0 Å². The Balaban J connectivity index is 2.57. The zero-order valence-electron chi connectivity index (χ0n) is 6.23. The topological polar surface area (TPSA) is 30.0 Å². The van der Waals surface area contributed by atoms with Crippen molar-refractivity contribution in [3.05, 3.63) is 24.5 Å². The fourth-order valence-corrected chi connectivity index (χ4v) is 1.42. The van der Waals surface area contributed by atoms with Gasteiger partial charge in [0.1, 0.15) is 6.29 Å². The number of aromatic nitrogens is 1. The van der Waals surface area contributed by atoms with Gasteiger partial charge < -0.3 is 4.79 Å². The minimum atomic E-state index is 0.0254. The summed E-state index contributed by atoms with van der Waals surface area (Å²) < 4.78 is 0. The molecule has 11 heavy (non-hydrogen) atoms. The summed E-state index contributed by atoms with van der Waals surface area (Å²) in [7, 11) is 0. The van der Waals surface area contributed by atoms with Crippen LogP contribution in [0.2, 0.25) is 0 Å². The molecular formula is C8H9NOS. The lowest BCUT2D eigenvalue weighted by atomic mass is 10.5. The van der Waals surface area contributed by atoms with E-state index in [2.05, 4.69) is 4.98 Å². The largest absolute Gasteiger partial charge is 0.302 e. The summed E-state index contributed by atoms with van der Waals surface area (Å²) in [6, 6.07) is 3.79. The standard InChI is InChI=1S/C8H9NOS/c1-7(6-10)11-8-2-4-9-5-3-8/h2-7H,1H3. The van der Waals surface area contributed by atoms with Crippen molar-refractivity contribution in [2.24, 2.45) is 0 Å². The van der Waals surface area contributed by atoms with Crippen molar-refractivity contribution in [3.63, 3.8) is 0 Å². The van der Waals surface area contributed by atoms with Gasteiger partial charge in [-0.1, -0.05) is 0 Å². The summed E-state index contributed by atoms with van der Waals surface area (Å²) in [5.41, 5.74) is 0. The smallest absolute Gasteiger partial charge is 0.133 e. The maximum absolute atomic E-state index is 10.3. The number of thioether (sulfide) groups is 1. The molecule has 1 aromatic heterocycles. The Bertz CT molecular complexity index is 225. The molecule has 2 nitrogen and oxygen atoms in total. The van der Waals surface area contributed by atoms with E-state index in [0.717, 1.165) is 11.2 Å². The van der Waals surface area contributed by atoms with E-state index in [1.165, 1.54) is 11.8 Å².